The van der Waals surface area contributed by atoms with Crippen molar-refractivity contribution in [1.82, 2.24) is 14.8 Å². The Hall–Kier alpha value is -1.20. The summed E-state index contributed by atoms with van der Waals surface area (Å²) < 4.78 is 1.89. The normalized spacial score (nSPS) is 10.2. The number of nitrogens with zero attached hydrogens (tertiary/aromatic N) is 3. The van der Waals surface area contributed by atoms with Crippen molar-refractivity contribution in [2.24, 2.45) is 0 Å². The minimum absolute atomic E-state index is 0.404. The van der Waals surface area contributed by atoms with E-state index in [0.29, 0.717) is 10.7 Å². The van der Waals surface area contributed by atoms with Crippen molar-refractivity contribution < 1.29 is 0 Å². The molecule has 0 fully saturated rings. The molecule has 0 aliphatic rings. The molecule has 3 nitrogen and oxygen atoms in total. The third kappa shape index (κ3) is 2.64. The van der Waals surface area contributed by atoms with E-state index < -0.39 is 0 Å². The molecule has 2 aromatic rings. The summed E-state index contributed by atoms with van der Waals surface area (Å²) in [5.41, 5.74) is 1.18. The molecule has 15 heavy (non-hydrogen) atoms. The van der Waals surface area contributed by atoms with Gasteiger partial charge in [0.15, 0.2) is 10.1 Å². The molecule has 0 radical (unpaired) electrons. The summed E-state index contributed by atoms with van der Waals surface area (Å²) in [5, 5.41) is 4.19. The van der Waals surface area contributed by atoms with Crippen LogP contribution in [0.2, 0.25) is 0 Å². The summed E-state index contributed by atoms with van der Waals surface area (Å²) in [5.74, 6) is 0.748. The van der Waals surface area contributed by atoms with Crippen molar-refractivity contribution >= 4 is 29.2 Å². The number of benzene rings is 1. The van der Waals surface area contributed by atoms with Gasteiger partial charge in [0.05, 0.1) is 0 Å². The van der Waals surface area contributed by atoms with Crippen LogP contribution in [-0.2, 0) is 6.42 Å². The number of thiol groups is 1. The monoisotopic (exact) mass is 235 g/mol. The van der Waals surface area contributed by atoms with Crippen LogP contribution in [0.15, 0.2) is 36.7 Å². The third-order valence-corrected chi connectivity index (χ3v) is 2.33. The lowest BCUT2D eigenvalue weighted by atomic mass is 10.1. The number of hydrogen-bond donors (Lipinski definition) is 1. The van der Waals surface area contributed by atoms with E-state index in [4.69, 9.17) is 12.2 Å². The Morgan fingerprint density at radius 2 is 2.07 bits per heavy atom. The van der Waals surface area contributed by atoms with Gasteiger partial charge in [-0.2, -0.15) is 0 Å². The van der Waals surface area contributed by atoms with E-state index in [-0.39, 0.29) is 0 Å². The molecule has 1 aromatic heterocycles. The molecule has 0 atom stereocenters. The standard InChI is InChI=1S/C10H9N3S2/c14-10(15)13-7-11-9(12-13)6-8-4-2-1-3-5-8/h1-5,7H,6H2,(H,14,15). The van der Waals surface area contributed by atoms with Crippen LogP contribution in [0.3, 0.4) is 0 Å². The summed E-state index contributed by atoms with van der Waals surface area (Å²) in [4.78, 5) is 4.15. The Bertz CT molecular complexity index is 465. The average molecular weight is 235 g/mol. The van der Waals surface area contributed by atoms with Crippen molar-refractivity contribution in [3.05, 3.63) is 48.0 Å². The molecule has 2 rings (SSSR count). The van der Waals surface area contributed by atoms with Gasteiger partial charge in [0, 0.05) is 6.42 Å². The summed E-state index contributed by atoms with van der Waals surface area (Å²) in [6, 6.07) is 10.1. The summed E-state index contributed by atoms with van der Waals surface area (Å²) >= 11 is 8.88. The first-order valence-electron chi connectivity index (χ1n) is 4.43. The van der Waals surface area contributed by atoms with Crippen molar-refractivity contribution in [1.29, 1.82) is 0 Å². The van der Waals surface area contributed by atoms with Crippen molar-refractivity contribution in [3.8, 4) is 0 Å². The zero-order valence-corrected chi connectivity index (χ0v) is 9.58. The van der Waals surface area contributed by atoms with Crippen LogP contribution < -0.4 is 0 Å². The quantitative estimate of drug-likeness (QED) is 0.637. The van der Waals surface area contributed by atoms with Gasteiger partial charge in [0.25, 0.3) is 0 Å². The van der Waals surface area contributed by atoms with Gasteiger partial charge in [-0.25, -0.2) is 9.67 Å². The Morgan fingerprint density at radius 1 is 1.33 bits per heavy atom. The van der Waals surface area contributed by atoms with E-state index in [1.54, 1.807) is 6.33 Å². The minimum Gasteiger partial charge on any atom is -0.219 e. The predicted octanol–water partition coefficient (Wildman–Crippen LogP) is 1.93. The number of aromatic nitrogens is 3. The van der Waals surface area contributed by atoms with Crippen LogP contribution in [0.1, 0.15) is 11.4 Å². The molecule has 1 aromatic carbocycles. The highest BCUT2D eigenvalue weighted by atomic mass is 32.1. The summed E-state index contributed by atoms with van der Waals surface area (Å²) in [7, 11) is 0. The molecule has 0 N–H and O–H groups in total. The molecule has 0 saturated heterocycles. The highest BCUT2D eigenvalue weighted by Gasteiger charge is 2.02. The molecule has 0 saturated carbocycles. The van der Waals surface area contributed by atoms with E-state index >= 15 is 0 Å². The minimum atomic E-state index is 0.404. The average Bonchev–Trinajstić information content (AvgIpc) is 2.68. The summed E-state index contributed by atoms with van der Waals surface area (Å²) in [6.07, 6.45) is 2.29. The molecular weight excluding hydrogens is 226 g/mol. The molecule has 0 aliphatic heterocycles. The van der Waals surface area contributed by atoms with Crippen LogP contribution in [0.4, 0.5) is 0 Å². The second-order valence-electron chi connectivity index (χ2n) is 3.05. The second kappa shape index (κ2) is 4.55. The maximum Gasteiger partial charge on any atom is 0.159 e. The first-order valence-corrected chi connectivity index (χ1v) is 5.29. The Morgan fingerprint density at radius 3 is 2.67 bits per heavy atom. The smallest absolute Gasteiger partial charge is 0.159 e. The lowest BCUT2D eigenvalue weighted by Crippen LogP contribution is -2.02. The van der Waals surface area contributed by atoms with Crippen LogP contribution in [0.5, 0.6) is 0 Å². The van der Waals surface area contributed by atoms with Gasteiger partial charge in [0.1, 0.15) is 6.33 Å². The lowest BCUT2D eigenvalue weighted by Gasteiger charge is -1.95. The maximum absolute atomic E-state index is 4.86. The Labute approximate surface area is 98.6 Å². The second-order valence-corrected chi connectivity index (χ2v) is 4.16. The zero-order valence-electron chi connectivity index (χ0n) is 7.87. The van der Waals surface area contributed by atoms with Crippen molar-refractivity contribution in [2.75, 3.05) is 0 Å². The summed E-state index contributed by atoms with van der Waals surface area (Å²) in [6.45, 7) is 0. The first-order chi connectivity index (χ1) is 7.25. The van der Waals surface area contributed by atoms with Gasteiger partial charge in [-0.15, -0.1) is 17.7 Å². The molecule has 0 unspecified atom stereocenters. The van der Waals surface area contributed by atoms with Crippen LogP contribution >= 0.6 is 24.8 Å². The maximum atomic E-state index is 4.86. The molecule has 5 heteroatoms. The SMILES string of the molecule is S=C(S)n1cnc(Cc2ccccc2)n1. The fourth-order valence-corrected chi connectivity index (χ4v) is 1.43. The van der Waals surface area contributed by atoms with Crippen molar-refractivity contribution in [2.45, 2.75) is 6.42 Å². The Kier molecular flexibility index (Phi) is 3.13. The topological polar surface area (TPSA) is 30.7 Å². The van der Waals surface area contributed by atoms with E-state index in [9.17, 15) is 0 Å². The molecule has 0 aliphatic carbocycles. The molecule has 76 valence electrons. The molecular formula is C10H9N3S2. The zero-order chi connectivity index (χ0) is 10.7. The Balaban J connectivity index is 2.15. The van der Waals surface area contributed by atoms with E-state index in [1.165, 1.54) is 10.2 Å². The van der Waals surface area contributed by atoms with Crippen LogP contribution in [-0.4, -0.2) is 19.1 Å². The van der Waals surface area contributed by atoms with E-state index in [0.717, 1.165) is 5.82 Å². The number of rotatable bonds is 2. The highest BCUT2D eigenvalue weighted by molar-refractivity contribution is 8.11. The van der Waals surface area contributed by atoms with E-state index in [2.05, 4.69) is 22.7 Å². The molecule has 1 heterocycles. The fraction of sp³-hybridized carbons (Fsp3) is 0.100. The molecule has 0 bridgehead atoms. The third-order valence-electron chi connectivity index (χ3n) is 1.94. The number of thiocarbonyl (C=S) groups is 1. The fourth-order valence-electron chi connectivity index (χ4n) is 1.25. The van der Waals surface area contributed by atoms with Gasteiger partial charge in [-0.3, -0.25) is 0 Å². The molecule has 0 amide bonds. The highest BCUT2D eigenvalue weighted by Crippen LogP contribution is 2.04. The number of hydrogen-bond acceptors (Lipinski definition) is 3. The largest absolute Gasteiger partial charge is 0.219 e. The van der Waals surface area contributed by atoms with Gasteiger partial charge in [-0.1, -0.05) is 42.5 Å². The van der Waals surface area contributed by atoms with E-state index in [1.807, 2.05) is 30.3 Å². The molecule has 0 spiro atoms. The van der Waals surface area contributed by atoms with Gasteiger partial charge in [0.2, 0.25) is 0 Å². The van der Waals surface area contributed by atoms with Crippen LogP contribution in [0.25, 0.3) is 0 Å². The van der Waals surface area contributed by atoms with Crippen molar-refractivity contribution in [3.63, 3.8) is 0 Å². The predicted molar refractivity (Wildman–Crippen MR) is 66.3 cm³/mol. The lowest BCUT2D eigenvalue weighted by molar-refractivity contribution is 0.908. The van der Waals surface area contributed by atoms with Crippen LogP contribution in [0, 0.1) is 0 Å². The van der Waals surface area contributed by atoms with Gasteiger partial charge in [-0.05, 0) is 5.56 Å². The van der Waals surface area contributed by atoms with Gasteiger partial charge < -0.3 is 0 Å². The first kappa shape index (κ1) is 10.3. The van der Waals surface area contributed by atoms with Gasteiger partial charge >= 0.3 is 0 Å².